The third kappa shape index (κ3) is 3.58. The molecule has 1 amide bonds. The van der Waals surface area contributed by atoms with Gasteiger partial charge in [0.15, 0.2) is 5.13 Å². The zero-order valence-corrected chi connectivity index (χ0v) is 13.1. The van der Waals surface area contributed by atoms with Gasteiger partial charge in [0.25, 0.3) is 0 Å². The van der Waals surface area contributed by atoms with Crippen LogP contribution in [0.3, 0.4) is 0 Å². The van der Waals surface area contributed by atoms with E-state index in [0.29, 0.717) is 6.54 Å². The van der Waals surface area contributed by atoms with E-state index < -0.39 is 0 Å². The Bertz CT molecular complexity index is 659. The summed E-state index contributed by atoms with van der Waals surface area (Å²) < 4.78 is 0. The second-order valence-corrected chi connectivity index (χ2v) is 6.30. The van der Waals surface area contributed by atoms with Crippen molar-refractivity contribution < 1.29 is 4.79 Å². The largest absolute Gasteiger partial charge is 0.369 e. The number of hydrogen-bond donors (Lipinski definition) is 2. The summed E-state index contributed by atoms with van der Waals surface area (Å²) in [5.74, 6) is 1.50. The minimum absolute atomic E-state index is 0.232. The van der Waals surface area contributed by atoms with Crippen molar-refractivity contribution in [2.24, 2.45) is 5.73 Å². The first-order valence-corrected chi connectivity index (χ1v) is 8.01. The highest BCUT2D eigenvalue weighted by Gasteiger charge is 2.27. The Balaban J connectivity index is 1.74. The number of aryl methyl sites for hydroxylation is 1. The summed E-state index contributed by atoms with van der Waals surface area (Å²) in [5, 5.41) is 5.92. The fraction of sp³-hybridized carbons (Fsp3) is 0.429. The van der Waals surface area contributed by atoms with Gasteiger partial charge in [0, 0.05) is 35.8 Å². The molecule has 0 bridgehead atoms. The fourth-order valence-corrected chi connectivity index (χ4v) is 3.18. The van der Waals surface area contributed by atoms with Crippen molar-refractivity contribution >= 4 is 28.2 Å². The number of anilines is 2. The lowest BCUT2D eigenvalue weighted by atomic mass is 10.1. The monoisotopic (exact) mass is 318 g/mol. The molecular weight excluding hydrogens is 300 g/mol. The highest BCUT2D eigenvalue weighted by Crippen LogP contribution is 2.26. The molecule has 1 unspecified atom stereocenters. The van der Waals surface area contributed by atoms with Gasteiger partial charge in [0.2, 0.25) is 5.91 Å². The van der Waals surface area contributed by atoms with E-state index in [2.05, 4.69) is 20.3 Å². The molecule has 0 aliphatic carbocycles. The maximum atomic E-state index is 11.0. The topological polar surface area (TPSA) is 97.0 Å². The predicted molar refractivity (Wildman–Crippen MR) is 85.2 cm³/mol. The molecule has 1 fully saturated rings. The first-order chi connectivity index (χ1) is 10.6. The molecule has 0 spiro atoms. The van der Waals surface area contributed by atoms with E-state index in [0.717, 1.165) is 42.0 Å². The van der Waals surface area contributed by atoms with Crippen molar-refractivity contribution in [1.82, 2.24) is 19.9 Å². The van der Waals surface area contributed by atoms with Crippen molar-refractivity contribution in [3.05, 3.63) is 29.2 Å². The minimum Gasteiger partial charge on any atom is -0.369 e. The van der Waals surface area contributed by atoms with E-state index in [1.165, 1.54) is 11.3 Å². The van der Waals surface area contributed by atoms with Gasteiger partial charge < -0.3 is 11.1 Å². The molecular formula is C14H18N6OS. The summed E-state index contributed by atoms with van der Waals surface area (Å²) in [6.07, 6.45) is 2.69. The van der Waals surface area contributed by atoms with E-state index in [-0.39, 0.29) is 11.8 Å². The molecule has 116 valence electrons. The Labute approximate surface area is 132 Å². The minimum atomic E-state index is -0.295. The molecule has 2 aromatic rings. The number of rotatable bonds is 5. The van der Waals surface area contributed by atoms with Crippen molar-refractivity contribution in [2.75, 3.05) is 25.0 Å². The molecule has 0 aromatic carbocycles. The van der Waals surface area contributed by atoms with Crippen LogP contribution in [0.2, 0.25) is 0 Å². The number of amides is 1. The molecule has 8 heteroatoms. The highest BCUT2D eigenvalue weighted by atomic mass is 32.1. The van der Waals surface area contributed by atoms with Crippen LogP contribution < -0.4 is 11.1 Å². The van der Waals surface area contributed by atoms with Crippen LogP contribution in [-0.4, -0.2) is 45.4 Å². The molecule has 1 atom stereocenters. The summed E-state index contributed by atoms with van der Waals surface area (Å²) in [5.41, 5.74) is 6.17. The Morgan fingerprint density at radius 3 is 3.14 bits per heavy atom. The molecule has 0 saturated carbocycles. The lowest BCUT2D eigenvalue weighted by Crippen LogP contribution is -2.32. The fourth-order valence-electron chi connectivity index (χ4n) is 2.64. The summed E-state index contributed by atoms with van der Waals surface area (Å²) in [7, 11) is 0. The normalized spacial score (nSPS) is 18.5. The maximum Gasteiger partial charge on any atom is 0.231 e. The van der Waals surface area contributed by atoms with Crippen LogP contribution in [0.4, 0.5) is 10.9 Å². The number of nitrogens with one attached hydrogen (secondary N) is 1. The number of hydrogen-bond acceptors (Lipinski definition) is 7. The van der Waals surface area contributed by atoms with E-state index in [1.807, 2.05) is 23.3 Å². The molecule has 1 aliphatic rings. The standard InChI is InChI=1S/C14H18N6OS/c1-9-6-12(19-14-16-3-5-22-14)18-13(17-9)10-2-4-20(7-10)8-11(15)21/h3,5-6,10H,2,4,7-8H2,1H3,(H2,15,21)(H,16,17,18,19). The van der Waals surface area contributed by atoms with Crippen LogP contribution in [0.1, 0.15) is 23.9 Å². The lowest BCUT2D eigenvalue weighted by molar-refractivity contribution is -0.118. The van der Waals surface area contributed by atoms with Crippen LogP contribution >= 0.6 is 11.3 Å². The van der Waals surface area contributed by atoms with Crippen LogP contribution in [0.25, 0.3) is 0 Å². The second-order valence-electron chi connectivity index (χ2n) is 5.40. The Kier molecular flexibility index (Phi) is 4.30. The number of carbonyl (C=O) groups excluding carboxylic acids is 1. The van der Waals surface area contributed by atoms with Crippen LogP contribution in [-0.2, 0) is 4.79 Å². The molecule has 7 nitrogen and oxygen atoms in total. The van der Waals surface area contributed by atoms with Gasteiger partial charge in [0.1, 0.15) is 11.6 Å². The second kappa shape index (κ2) is 6.37. The SMILES string of the molecule is Cc1cc(Nc2nccs2)nc(C2CCN(CC(N)=O)C2)n1. The van der Waals surface area contributed by atoms with Gasteiger partial charge in [-0.1, -0.05) is 0 Å². The van der Waals surface area contributed by atoms with Crippen LogP contribution in [0.15, 0.2) is 17.6 Å². The number of likely N-dealkylation sites (tertiary alicyclic amines) is 1. The number of aromatic nitrogens is 3. The highest BCUT2D eigenvalue weighted by molar-refractivity contribution is 7.13. The Hall–Kier alpha value is -2.06. The molecule has 3 heterocycles. The molecule has 1 aliphatic heterocycles. The third-order valence-electron chi connectivity index (χ3n) is 3.56. The molecule has 0 radical (unpaired) electrons. The summed E-state index contributed by atoms with van der Waals surface area (Å²) >= 11 is 1.53. The van der Waals surface area contributed by atoms with Gasteiger partial charge in [-0.25, -0.2) is 15.0 Å². The van der Waals surface area contributed by atoms with Gasteiger partial charge in [-0.3, -0.25) is 9.69 Å². The summed E-state index contributed by atoms with van der Waals surface area (Å²) in [6.45, 7) is 3.87. The van der Waals surface area contributed by atoms with Crippen LogP contribution in [0.5, 0.6) is 0 Å². The lowest BCUT2D eigenvalue weighted by Gasteiger charge is -2.14. The smallest absolute Gasteiger partial charge is 0.231 e. The maximum absolute atomic E-state index is 11.0. The van der Waals surface area contributed by atoms with Gasteiger partial charge >= 0.3 is 0 Å². The number of carbonyl (C=O) groups is 1. The van der Waals surface area contributed by atoms with Crippen molar-refractivity contribution in [2.45, 2.75) is 19.3 Å². The van der Waals surface area contributed by atoms with E-state index in [4.69, 9.17) is 5.73 Å². The number of nitrogens with two attached hydrogens (primary N) is 1. The summed E-state index contributed by atoms with van der Waals surface area (Å²) in [4.78, 5) is 26.4. The molecule has 1 saturated heterocycles. The van der Waals surface area contributed by atoms with E-state index in [1.54, 1.807) is 6.20 Å². The van der Waals surface area contributed by atoms with Gasteiger partial charge in [0.05, 0.1) is 6.54 Å². The van der Waals surface area contributed by atoms with Crippen molar-refractivity contribution in [3.63, 3.8) is 0 Å². The zero-order chi connectivity index (χ0) is 15.5. The van der Waals surface area contributed by atoms with Crippen molar-refractivity contribution in [1.29, 1.82) is 0 Å². The first-order valence-electron chi connectivity index (χ1n) is 7.13. The van der Waals surface area contributed by atoms with Crippen molar-refractivity contribution in [3.8, 4) is 0 Å². The number of thiazole rings is 1. The summed E-state index contributed by atoms with van der Waals surface area (Å²) in [6, 6.07) is 1.90. The quantitative estimate of drug-likeness (QED) is 0.861. The average Bonchev–Trinajstić information content (AvgIpc) is 3.09. The van der Waals surface area contributed by atoms with Gasteiger partial charge in [-0.2, -0.15) is 0 Å². The molecule has 3 N–H and O–H groups in total. The average molecular weight is 318 g/mol. The number of nitrogens with zero attached hydrogens (tertiary/aromatic N) is 4. The molecule has 22 heavy (non-hydrogen) atoms. The zero-order valence-electron chi connectivity index (χ0n) is 12.3. The Morgan fingerprint density at radius 2 is 2.41 bits per heavy atom. The predicted octanol–water partition coefficient (Wildman–Crippen LogP) is 1.26. The third-order valence-corrected chi connectivity index (χ3v) is 4.24. The van der Waals surface area contributed by atoms with E-state index in [9.17, 15) is 4.79 Å². The van der Waals surface area contributed by atoms with E-state index >= 15 is 0 Å². The number of primary amides is 1. The Morgan fingerprint density at radius 1 is 1.55 bits per heavy atom. The molecule has 3 rings (SSSR count). The van der Waals surface area contributed by atoms with Gasteiger partial charge in [-0.05, 0) is 19.9 Å². The first kappa shape index (κ1) is 14.9. The van der Waals surface area contributed by atoms with Crippen LogP contribution in [0, 0.1) is 6.92 Å². The molecule has 2 aromatic heterocycles. The van der Waals surface area contributed by atoms with Gasteiger partial charge in [-0.15, -0.1) is 11.3 Å².